The molecular formula is C13H15FN2O2S. The van der Waals surface area contributed by atoms with Crippen LogP contribution in [0.15, 0.2) is 23.1 Å². The van der Waals surface area contributed by atoms with Crippen LogP contribution in [-0.4, -0.2) is 24.9 Å². The third-order valence-electron chi connectivity index (χ3n) is 2.87. The number of carbonyl (C=O) groups is 2. The molecule has 0 unspecified atom stereocenters. The van der Waals surface area contributed by atoms with Crippen molar-refractivity contribution < 1.29 is 14.0 Å². The first-order valence-electron chi connectivity index (χ1n) is 6.12. The van der Waals surface area contributed by atoms with Crippen molar-refractivity contribution >= 4 is 24.4 Å². The van der Waals surface area contributed by atoms with Crippen LogP contribution in [0.25, 0.3) is 0 Å². The van der Waals surface area contributed by atoms with E-state index < -0.39 is 5.82 Å². The Labute approximate surface area is 116 Å². The van der Waals surface area contributed by atoms with Crippen molar-refractivity contribution in [3.05, 3.63) is 29.6 Å². The Hall–Kier alpha value is -1.56. The molecule has 2 amide bonds. The molecule has 0 aliphatic heterocycles. The average Bonchev–Trinajstić information content (AvgIpc) is 3.21. The Kier molecular flexibility index (Phi) is 4.42. The van der Waals surface area contributed by atoms with Gasteiger partial charge in [-0.05, 0) is 31.0 Å². The molecule has 19 heavy (non-hydrogen) atoms. The van der Waals surface area contributed by atoms with Crippen LogP contribution in [0.1, 0.15) is 23.2 Å². The highest BCUT2D eigenvalue weighted by molar-refractivity contribution is 7.80. The summed E-state index contributed by atoms with van der Waals surface area (Å²) < 4.78 is 13.0. The molecule has 0 saturated heterocycles. The molecule has 1 saturated carbocycles. The van der Waals surface area contributed by atoms with Gasteiger partial charge >= 0.3 is 0 Å². The number of amides is 2. The Morgan fingerprint density at radius 3 is 2.58 bits per heavy atom. The number of thiol groups is 1. The predicted octanol–water partition coefficient (Wildman–Crippen LogP) is 1.37. The lowest BCUT2D eigenvalue weighted by Crippen LogP contribution is -2.35. The molecule has 0 spiro atoms. The fourth-order valence-corrected chi connectivity index (χ4v) is 1.82. The second-order valence-electron chi connectivity index (χ2n) is 4.49. The topological polar surface area (TPSA) is 58.2 Å². The molecule has 1 aliphatic rings. The highest BCUT2D eigenvalue weighted by atomic mass is 32.1. The molecule has 102 valence electrons. The van der Waals surface area contributed by atoms with E-state index in [2.05, 4.69) is 23.3 Å². The van der Waals surface area contributed by atoms with Crippen LogP contribution in [0, 0.1) is 11.7 Å². The summed E-state index contributed by atoms with van der Waals surface area (Å²) in [5.41, 5.74) is 0.347. The smallest absolute Gasteiger partial charge is 0.251 e. The van der Waals surface area contributed by atoms with Gasteiger partial charge in [0.15, 0.2) is 0 Å². The Bertz CT molecular complexity index is 503. The molecule has 0 bridgehead atoms. The zero-order valence-corrected chi connectivity index (χ0v) is 11.2. The Morgan fingerprint density at radius 2 is 1.95 bits per heavy atom. The quantitative estimate of drug-likeness (QED) is 0.564. The molecule has 1 aromatic carbocycles. The average molecular weight is 282 g/mol. The molecule has 1 aromatic rings. The van der Waals surface area contributed by atoms with Crippen molar-refractivity contribution in [2.75, 3.05) is 13.1 Å². The molecule has 1 aliphatic carbocycles. The van der Waals surface area contributed by atoms with Crippen LogP contribution in [0.5, 0.6) is 0 Å². The minimum absolute atomic E-state index is 0.0497. The summed E-state index contributed by atoms with van der Waals surface area (Å²) in [6.07, 6.45) is 1.91. The lowest BCUT2D eigenvalue weighted by atomic mass is 10.2. The van der Waals surface area contributed by atoms with E-state index in [4.69, 9.17) is 0 Å². The molecule has 0 atom stereocenters. The minimum Gasteiger partial charge on any atom is -0.354 e. The molecule has 4 nitrogen and oxygen atoms in total. The summed E-state index contributed by atoms with van der Waals surface area (Å²) in [6, 6.07) is 3.97. The lowest BCUT2D eigenvalue weighted by molar-refractivity contribution is -0.122. The van der Waals surface area contributed by atoms with E-state index in [1.54, 1.807) is 0 Å². The van der Waals surface area contributed by atoms with Crippen LogP contribution in [0.4, 0.5) is 4.39 Å². The van der Waals surface area contributed by atoms with E-state index in [1.165, 1.54) is 18.2 Å². The summed E-state index contributed by atoms with van der Waals surface area (Å²) in [5, 5.41) is 5.39. The van der Waals surface area contributed by atoms with Gasteiger partial charge in [0.1, 0.15) is 5.82 Å². The number of hydrogen-bond acceptors (Lipinski definition) is 3. The van der Waals surface area contributed by atoms with Gasteiger partial charge in [0.05, 0.1) is 0 Å². The Morgan fingerprint density at radius 1 is 1.26 bits per heavy atom. The predicted molar refractivity (Wildman–Crippen MR) is 71.7 cm³/mol. The minimum atomic E-state index is -0.461. The van der Waals surface area contributed by atoms with Crippen molar-refractivity contribution in [1.82, 2.24) is 10.6 Å². The number of carbonyl (C=O) groups excluding carboxylic acids is 2. The van der Waals surface area contributed by atoms with Gasteiger partial charge in [-0.25, -0.2) is 4.39 Å². The van der Waals surface area contributed by atoms with Gasteiger partial charge in [0.2, 0.25) is 5.91 Å². The summed E-state index contributed by atoms with van der Waals surface area (Å²) in [6.45, 7) is 0.743. The highest BCUT2D eigenvalue weighted by Crippen LogP contribution is 2.28. The van der Waals surface area contributed by atoms with E-state index in [9.17, 15) is 14.0 Å². The fourth-order valence-electron chi connectivity index (χ4n) is 1.61. The monoisotopic (exact) mass is 282 g/mol. The van der Waals surface area contributed by atoms with Crippen molar-refractivity contribution in [3.63, 3.8) is 0 Å². The summed E-state index contributed by atoms with van der Waals surface area (Å²) in [7, 11) is 0. The van der Waals surface area contributed by atoms with Crippen LogP contribution in [0.3, 0.4) is 0 Å². The highest BCUT2D eigenvalue weighted by Gasteiger charge is 2.28. The van der Waals surface area contributed by atoms with Gasteiger partial charge in [0.25, 0.3) is 5.91 Å². The molecule has 6 heteroatoms. The SMILES string of the molecule is O=C(NCCNC(=O)C1CC1)c1ccc(F)c(S)c1. The number of nitrogens with one attached hydrogen (secondary N) is 2. The van der Waals surface area contributed by atoms with Gasteiger partial charge in [-0.2, -0.15) is 0 Å². The van der Waals surface area contributed by atoms with Crippen LogP contribution in [-0.2, 0) is 4.79 Å². The maximum Gasteiger partial charge on any atom is 0.251 e. The third kappa shape index (κ3) is 3.96. The van der Waals surface area contributed by atoms with E-state index in [1.807, 2.05) is 0 Å². The number of rotatable bonds is 5. The fraction of sp³-hybridized carbons (Fsp3) is 0.385. The molecular weight excluding hydrogens is 267 g/mol. The number of halogens is 1. The normalized spacial score (nSPS) is 14.0. The van der Waals surface area contributed by atoms with Crippen molar-refractivity contribution in [1.29, 1.82) is 0 Å². The second kappa shape index (κ2) is 6.06. The third-order valence-corrected chi connectivity index (χ3v) is 3.21. The largest absolute Gasteiger partial charge is 0.354 e. The zero-order chi connectivity index (χ0) is 13.8. The summed E-state index contributed by atoms with van der Waals surface area (Å²) >= 11 is 3.92. The maximum atomic E-state index is 13.0. The van der Waals surface area contributed by atoms with E-state index in [-0.39, 0.29) is 22.6 Å². The van der Waals surface area contributed by atoms with Gasteiger partial charge in [-0.3, -0.25) is 9.59 Å². The standard InChI is InChI=1S/C13H15FN2O2S/c14-10-4-3-9(7-11(10)19)13(18)16-6-5-15-12(17)8-1-2-8/h3-4,7-8,19H,1-2,5-6H2,(H,15,17)(H,16,18). The van der Waals surface area contributed by atoms with Crippen molar-refractivity contribution in [3.8, 4) is 0 Å². The lowest BCUT2D eigenvalue weighted by Gasteiger charge is -2.07. The summed E-state index contributed by atoms with van der Waals surface area (Å²) in [4.78, 5) is 23.2. The zero-order valence-electron chi connectivity index (χ0n) is 10.3. The molecule has 1 fully saturated rings. The van der Waals surface area contributed by atoms with Gasteiger partial charge in [0, 0.05) is 29.5 Å². The second-order valence-corrected chi connectivity index (χ2v) is 4.97. The molecule has 0 heterocycles. The maximum absolute atomic E-state index is 13.0. The first kappa shape index (κ1) is 13.9. The first-order chi connectivity index (χ1) is 9.08. The van der Waals surface area contributed by atoms with E-state index in [0.29, 0.717) is 18.7 Å². The number of hydrogen-bond donors (Lipinski definition) is 3. The van der Waals surface area contributed by atoms with E-state index in [0.717, 1.165) is 12.8 Å². The molecule has 2 rings (SSSR count). The molecule has 2 N–H and O–H groups in total. The first-order valence-corrected chi connectivity index (χ1v) is 6.57. The van der Waals surface area contributed by atoms with E-state index >= 15 is 0 Å². The molecule has 0 aromatic heterocycles. The molecule has 0 radical (unpaired) electrons. The van der Waals surface area contributed by atoms with Crippen molar-refractivity contribution in [2.45, 2.75) is 17.7 Å². The van der Waals surface area contributed by atoms with Crippen LogP contribution >= 0.6 is 12.6 Å². The van der Waals surface area contributed by atoms with Gasteiger partial charge in [-0.15, -0.1) is 12.6 Å². The number of benzene rings is 1. The van der Waals surface area contributed by atoms with Gasteiger partial charge in [-0.1, -0.05) is 0 Å². The summed E-state index contributed by atoms with van der Waals surface area (Å²) in [5.74, 6) is -0.555. The van der Waals surface area contributed by atoms with Crippen LogP contribution in [0.2, 0.25) is 0 Å². The van der Waals surface area contributed by atoms with Crippen molar-refractivity contribution in [2.24, 2.45) is 5.92 Å². The van der Waals surface area contributed by atoms with Gasteiger partial charge < -0.3 is 10.6 Å². The van der Waals surface area contributed by atoms with Crippen LogP contribution < -0.4 is 10.6 Å². The Balaban J connectivity index is 1.74.